The third kappa shape index (κ3) is 5.44. The van der Waals surface area contributed by atoms with Crippen molar-refractivity contribution >= 4 is 35.1 Å². The van der Waals surface area contributed by atoms with Gasteiger partial charge in [0.1, 0.15) is 5.15 Å². The summed E-state index contributed by atoms with van der Waals surface area (Å²) in [7, 11) is 0. The largest absolute Gasteiger partial charge is 0.452 e. The molecule has 1 amide bonds. The Morgan fingerprint density at radius 1 is 1.37 bits per heavy atom. The lowest BCUT2D eigenvalue weighted by atomic mass is 10.1. The average Bonchev–Trinajstić information content (AvgIpc) is 2.27. The van der Waals surface area contributed by atoms with Crippen LogP contribution in [0.1, 0.15) is 31.1 Å². The molecule has 0 aliphatic carbocycles. The van der Waals surface area contributed by atoms with Crippen molar-refractivity contribution in [3.8, 4) is 0 Å². The zero-order chi connectivity index (χ0) is 14.6. The van der Waals surface area contributed by atoms with E-state index in [1.54, 1.807) is 0 Å². The van der Waals surface area contributed by atoms with Crippen LogP contribution in [0.25, 0.3) is 0 Å². The highest BCUT2D eigenvalue weighted by Gasteiger charge is 2.16. The summed E-state index contributed by atoms with van der Waals surface area (Å²) in [5.74, 6) is -1.07. The van der Waals surface area contributed by atoms with Gasteiger partial charge in [-0.2, -0.15) is 0 Å². The summed E-state index contributed by atoms with van der Waals surface area (Å²) in [5.41, 5.74) is -0.243. The smallest absolute Gasteiger partial charge is 0.340 e. The molecule has 0 spiro atoms. The number of ether oxygens (including phenoxy) is 1. The highest BCUT2D eigenvalue weighted by molar-refractivity contribution is 6.41. The minimum Gasteiger partial charge on any atom is -0.452 e. The Kier molecular flexibility index (Phi) is 5.14. The molecule has 104 valence electrons. The molecule has 1 aromatic heterocycles. The molecule has 1 N–H and O–H groups in total. The number of carbonyl (C=O) groups excluding carboxylic acids is 2. The van der Waals surface area contributed by atoms with Gasteiger partial charge >= 0.3 is 5.97 Å². The van der Waals surface area contributed by atoms with Gasteiger partial charge in [-0.1, -0.05) is 23.2 Å². The monoisotopic (exact) mass is 304 g/mol. The van der Waals surface area contributed by atoms with E-state index in [-0.39, 0.29) is 33.8 Å². The van der Waals surface area contributed by atoms with Crippen molar-refractivity contribution in [1.82, 2.24) is 10.3 Å². The topological polar surface area (TPSA) is 68.3 Å². The van der Waals surface area contributed by atoms with Crippen molar-refractivity contribution in [3.05, 3.63) is 28.0 Å². The van der Waals surface area contributed by atoms with Gasteiger partial charge in [-0.15, -0.1) is 0 Å². The molecule has 0 aliphatic rings. The first kappa shape index (κ1) is 15.7. The van der Waals surface area contributed by atoms with Gasteiger partial charge < -0.3 is 10.1 Å². The van der Waals surface area contributed by atoms with E-state index in [2.05, 4.69) is 10.3 Å². The van der Waals surface area contributed by atoms with E-state index in [1.807, 2.05) is 20.8 Å². The van der Waals surface area contributed by atoms with Crippen molar-refractivity contribution in [2.45, 2.75) is 26.3 Å². The SMILES string of the molecule is CC(C)(C)NC(=O)COC(=O)c1cnc(Cl)c(Cl)c1. The predicted molar refractivity (Wildman–Crippen MR) is 72.4 cm³/mol. The fourth-order valence-electron chi connectivity index (χ4n) is 1.20. The Hall–Kier alpha value is -1.33. The van der Waals surface area contributed by atoms with Gasteiger partial charge in [-0.05, 0) is 26.8 Å². The van der Waals surface area contributed by atoms with Crippen molar-refractivity contribution < 1.29 is 14.3 Å². The van der Waals surface area contributed by atoms with Crippen LogP contribution in [-0.2, 0) is 9.53 Å². The molecule has 5 nitrogen and oxygen atoms in total. The molecular weight excluding hydrogens is 291 g/mol. The molecule has 19 heavy (non-hydrogen) atoms. The summed E-state index contributed by atoms with van der Waals surface area (Å²) in [5, 5.41) is 2.92. The summed E-state index contributed by atoms with van der Waals surface area (Å²) < 4.78 is 4.84. The first-order chi connectivity index (χ1) is 8.69. The van der Waals surface area contributed by atoms with Crippen LogP contribution in [-0.4, -0.2) is 29.0 Å². The van der Waals surface area contributed by atoms with E-state index in [1.165, 1.54) is 12.3 Å². The lowest BCUT2D eigenvalue weighted by Gasteiger charge is -2.20. The molecule has 0 aromatic carbocycles. The van der Waals surface area contributed by atoms with E-state index in [9.17, 15) is 9.59 Å². The Bertz CT molecular complexity index is 498. The van der Waals surface area contributed by atoms with Crippen LogP contribution in [0.5, 0.6) is 0 Å². The maximum absolute atomic E-state index is 11.6. The minimum absolute atomic E-state index is 0.101. The number of carbonyl (C=O) groups is 2. The molecule has 0 bridgehead atoms. The number of amides is 1. The number of esters is 1. The van der Waals surface area contributed by atoms with Crippen molar-refractivity contribution in [1.29, 1.82) is 0 Å². The van der Waals surface area contributed by atoms with Crippen LogP contribution < -0.4 is 5.32 Å². The molecule has 0 unspecified atom stereocenters. The fraction of sp³-hybridized carbons (Fsp3) is 0.417. The molecule has 1 heterocycles. The molecule has 1 aromatic rings. The molecule has 0 saturated carbocycles. The maximum atomic E-state index is 11.6. The Morgan fingerprint density at radius 2 is 2.00 bits per heavy atom. The zero-order valence-electron chi connectivity index (χ0n) is 10.8. The third-order valence-corrected chi connectivity index (χ3v) is 2.57. The quantitative estimate of drug-likeness (QED) is 0.688. The van der Waals surface area contributed by atoms with E-state index >= 15 is 0 Å². The number of nitrogens with zero attached hydrogens (tertiary/aromatic N) is 1. The van der Waals surface area contributed by atoms with E-state index in [0.29, 0.717) is 0 Å². The van der Waals surface area contributed by atoms with Crippen LogP contribution in [0, 0.1) is 0 Å². The highest BCUT2D eigenvalue weighted by atomic mass is 35.5. The van der Waals surface area contributed by atoms with Crippen LogP contribution in [0.3, 0.4) is 0 Å². The van der Waals surface area contributed by atoms with Gasteiger partial charge in [-0.3, -0.25) is 4.79 Å². The van der Waals surface area contributed by atoms with Crippen LogP contribution in [0.15, 0.2) is 12.3 Å². The Labute approximate surface area is 121 Å². The summed E-state index contributed by atoms with van der Waals surface area (Å²) >= 11 is 11.4. The normalized spacial score (nSPS) is 11.0. The van der Waals surface area contributed by atoms with Crippen molar-refractivity contribution in [3.63, 3.8) is 0 Å². The van der Waals surface area contributed by atoms with Crippen molar-refractivity contribution in [2.24, 2.45) is 0 Å². The van der Waals surface area contributed by atoms with Crippen molar-refractivity contribution in [2.75, 3.05) is 6.61 Å². The van der Waals surface area contributed by atoms with Gasteiger partial charge in [-0.25, -0.2) is 9.78 Å². The lowest BCUT2D eigenvalue weighted by Crippen LogP contribution is -2.42. The number of rotatable bonds is 3. The minimum atomic E-state index is -0.685. The molecule has 1 rings (SSSR count). The van der Waals surface area contributed by atoms with E-state index in [4.69, 9.17) is 27.9 Å². The van der Waals surface area contributed by atoms with E-state index in [0.717, 1.165) is 0 Å². The van der Waals surface area contributed by atoms with Gasteiger partial charge in [0.05, 0.1) is 10.6 Å². The van der Waals surface area contributed by atoms with E-state index < -0.39 is 5.97 Å². The zero-order valence-corrected chi connectivity index (χ0v) is 12.3. The second-order valence-corrected chi connectivity index (χ2v) is 5.64. The molecule has 0 saturated heterocycles. The number of nitrogens with one attached hydrogen (secondary N) is 1. The molecule has 7 heteroatoms. The van der Waals surface area contributed by atoms with Gasteiger partial charge in [0.15, 0.2) is 6.61 Å². The lowest BCUT2D eigenvalue weighted by molar-refractivity contribution is -0.125. The number of hydrogen-bond donors (Lipinski definition) is 1. The van der Waals surface area contributed by atoms with Gasteiger partial charge in [0.2, 0.25) is 0 Å². The van der Waals surface area contributed by atoms with Gasteiger partial charge in [0.25, 0.3) is 5.91 Å². The van der Waals surface area contributed by atoms with Crippen LogP contribution >= 0.6 is 23.2 Å². The summed E-state index contributed by atoms with van der Waals surface area (Å²) in [6.45, 7) is 5.12. The van der Waals surface area contributed by atoms with Gasteiger partial charge in [0, 0.05) is 11.7 Å². The fourth-order valence-corrected chi connectivity index (χ4v) is 1.47. The number of halogens is 2. The molecule has 0 atom stereocenters. The second-order valence-electron chi connectivity index (χ2n) is 4.87. The predicted octanol–water partition coefficient (Wildman–Crippen LogP) is 2.46. The standard InChI is InChI=1S/C12H14Cl2N2O3/c1-12(2,3)16-9(17)6-19-11(18)7-4-8(13)10(14)15-5-7/h4-5H,6H2,1-3H3,(H,16,17). The second kappa shape index (κ2) is 6.21. The number of aromatic nitrogens is 1. The highest BCUT2D eigenvalue weighted by Crippen LogP contribution is 2.19. The Balaban J connectivity index is 2.56. The Morgan fingerprint density at radius 3 is 2.53 bits per heavy atom. The molecule has 0 radical (unpaired) electrons. The average molecular weight is 305 g/mol. The summed E-state index contributed by atoms with van der Waals surface area (Å²) in [4.78, 5) is 26.8. The van der Waals surface area contributed by atoms with Crippen LogP contribution in [0.4, 0.5) is 0 Å². The maximum Gasteiger partial charge on any atom is 0.340 e. The summed E-state index contributed by atoms with van der Waals surface area (Å²) in [6.07, 6.45) is 1.23. The number of hydrogen-bond acceptors (Lipinski definition) is 4. The van der Waals surface area contributed by atoms with Crippen LogP contribution in [0.2, 0.25) is 10.2 Å². The molecule has 0 aliphatic heterocycles. The number of pyridine rings is 1. The molecular formula is C12H14Cl2N2O3. The molecule has 0 fully saturated rings. The first-order valence-electron chi connectivity index (χ1n) is 5.48. The first-order valence-corrected chi connectivity index (χ1v) is 6.24. The summed E-state index contributed by atoms with van der Waals surface area (Å²) in [6, 6.07) is 1.33. The third-order valence-electron chi connectivity index (χ3n) is 1.88.